The van der Waals surface area contributed by atoms with Crippen LogP contribution >= 0.6 is 0 Å². The van der Waals surface area contributed by atoms with Crippen molar-refractivity contribution in [3.05, 3.63) is 18.0 Å². The van der Waals surface area contributed by atoms with E-state index in [1.165, 1.54) is 12.8 Å². The van der Waals surface area contributed by atoms with Gasteiger partial charge in [0.15, 0.2) is 6.10 Å². The first-order valence-electron chi connectivity index (χ1n) is 7.95. The van der Waals surface area contributed by atoms with Crippen molar-refractivity contribution in [2.75, 3.05) is 32.8 Å². The van der Waals surface area contributed by atoms with Crippen molar-refractivity contribution in [1.29, 1.82) is 0 Å². The lowest BCUT2D eigenvalue weighted by Crippen LogP contribution is -2.52. The maximum absolute atomic E-state index is 12.6. The molecule has 1 atom stereocenters. The van der Waals surface area contributed by atoms with E-state index in [9.17, 15) is 9.59 Å². The van der Waals surface area contributed by atoms with Crippen molar-refractivity contribution in [3.63, 3.8) is 0 Å². The molecule has 7 heteroatoms. The summed E-state index contributed by atoms with van der Waals surface area (Å²) < 4.78 is 5.62. The van der Waals surface area contributed by atoms with E-state index in [0.29, 0.717) is 25.4 Å². The molecule has 0 unspecified atom stereocenters. The van der Waals surface area contributed by atoms with E-state index in [1.807, 2.05) is 4.90 Å². The number of carbonyl (C=O) groups is 2. The zero-order valence-corrected chi connectivity index (χ0v) is 12.7. The summed E-state index contributed by atoms with van der Waals surface area (Å²) in [5.74, 6) is -0.113. The average molecular weight is 306 g/mol. The zero-order chi connectivity index (χ0) is 15.4. The highest BCUT2D eigenvalue weighted by Crippen LogP contribution is 2.15. The standard InChI is InChI=1S/C15H22N4O3/c20-14(12-5-6-16-17-12)19-9-10-22-13(11-19)15(21)18-7-3-1-2-4-8-18/h5-6,13H,1-4,7-11H2,(H,16,17)/t13-/m0/s1. The van der Waals surface area contributed by atoms with Gasteiger partial charge in [0.2, 0.25) is 0 Å². The average Bonchev–Trinajstić information content (AvgIpc) is 2.96. The number of hydrogen-bond acceptors (Lipinski definition) is 4. The number of aromatic amines is 1. The topological polar surface area (TPSA) is 78.5 Å². The highest BCUT2D eigenvalue weighted by atomic mass is 16.5. The number of likely N-dealkylation sites (tertiary alicyclic amines) is 1. The highest BCUT2D eigenvalue weighted by molar-refractivity contribution is 5.93. The van der Waals surface area contributed by atoms with E-state index in [0.717, 1.165) is 25.9 Å². The van der Waals surface area contributed by atoms with Gasteiger partial charge >= 0.3 is 0 Å². The quantitative estimate of drug-likeness (QED) is 0.870. The van der Waals surface area contributed by atoms with Gasteiger partial charge in [-0.15, -0.1) is 0 Å². The molecule has 2 amide bonds. The van der Waals surface area contributed by atoms with Gasteiger partial charge in [-0.05, 0) is 18.9 Å². The van der Waals surface area contributed by atoms with Crippen LogP contribution in [0.5, 0.6) is 0 Å². The Morgan fingerprint density at radius 1 is 1.14 bits per heavy atom. The fraction of sp³-hybridized carbons (Fsp3) is 0.667. The summed E-state index contributed by atoms with van der Waals surface area (Å²) in [6, 6.07) is 1.64. The van der Waals surface area contributed by atoms with Crippen LogP contribution in [0.3, 0.4) is 0 Å². The van der Waals surface area contributed by atoms with E-state index in [4.69, 9.17) is 4.74 Å². The molecule has 0 aromatic carbocycles. The van der Waals surface area contributed by atoms with Gasteiger partial charge in [-0.2, -0.15) is 5.10 Å². The smallest absolute Gasteiger partial charge is 0.272 e. The molecule has 2 saturated heterocycles. The Morgan fingerprint density at radius 3 is 2.59 bits per heavy atom. The van der Waals surface area contributed by atoms with Crippen LogP contribution in [-0.2, 0) is 9.53 Å². The third kappa shape index (κ3) is 3.30. The van der Waals surface area contributed by atoms with Crippen LogP contribution < -0.4 is 0 Å². The summed E-state index contributed by atoms with van der Waals surface area (Å²) >= 11 is 0. The number of hydrogen-bond donors (Lipinski definition) is 1. The number of rotatable bonds is 2. The molecule has 120 valence electrons. The minimum atomic E-state index is -0.543. The van der Waals surface area contributed by atoms with Gasteiger partial charge in [0.1, 0.15) is 5.69 Å². The molecule has 2 aliphatic rings. The molecule has 1 N–H and O–H groups in total. The second kappa shape index (κ2) is 6.91. The number of nitrogens with zero attached hydrogens (tertiary/aromatic N) is 3. The van der Waals surface area contributed by atoms with Crippen LogP contribution in [-0.4, -0.2) is 70.7 Å². The lowest BCUT2D eigenvalue weighted by Gasteiger charge is -2.34. The molecule has 2 aliphatic heterocycles. The zero-order valence-electron chi connectivity index (χ0n) is 12.7. The molecule has 0 bridgehead atoms. The number of ether oxygens (including phenoxy) is 1. The van der Waals surface area contributed by atoms with Gasteiger partial charge in [-0.3, -0.25) is 14.7 Å². The van der Waals surface area contributed by atoms with Crippen molar-refractivity contribution >= 4 is 11.8 Å². The Bertz CT molecular complexity index is 509. The molecule has 1 aromatic heterocycles. The van der Waals surface area contributed by atoms with Gasteiger partial charge in [0.25, 0.3) is 11.8 Å². The predicted octanol–water partition coefficient (Wildman–Crippen LogP) is 0.653. The molecule has 3 rings (SSSR count). The molecule has 7 nitrogen and oxygen atoms in total. The monoisotopic (exact) mass is 306 g/mol. The van der Waals surface area contributed by atoms with E-state index in [2.05, 4.69) is 10.2 Å². The summed E-state index contributed by atoms with van der Waals surface area (Å²) in [6.07, 6.45) is 5.47. The van der Waals surface area contributed by atoms with E-state index < -0.39 is 6.10 Å². The second-order valence-electron chi connectivity index (χ2n) is 5.82. The van der Waals surface area contributed by atoms with E-state index >= 15 is 0 Å². The molecule has 0 saturated carbocycles. The van der Waals surface area contributed by atoms with Crippen LogP contribution in [0.4, 0.5) is 0 Å². The van der Waals surface area contributed by atoms with Crippen LogP contribution in [0.1, 0.15) is 36.2 Å². The Hall–Kier alpha value is -1.89. The van der Waals surface area contributed by atoms with Gasteiger partial charge in [0, 0.05) is 25.8 Å². The first-order valence-corrected chi connectivity index (χ1v) is 7.95. The molecular formula is C15H22N4O3. The summed E-state index contributed by atoms with van der Waals surface area (Å²) in [6.45, 7) is 2.80. The maximum atomic E-state index is 12.6. The molecule has 2 fully saturated rings. The molecule has 0 radical (unpaired) electrons. The summed E-state index contributed by atoms with van der Waals surface area (Å²) in [4.78, 5) is 28.5. The Morgan fingerprint density at radius 2 is 1.91 bits per heavy atom. The number of morpholine rings is 1. The van der Waals surface area contributed by atoms with Gasteiger partial charge in [-0.1, -0.05) is 12.8 Å². The normalized spacial score (nSPS) is 23.2. The summed E-state index contributed by atoms with van der Waals surface area (Å²) in [5.41, 5.74) is 0.447. The molecule has 22 heavy (non-hydrogen) atoms. The van der Waals surface area contributed by atoms with Crippen LogP contribution in [0.2, 0.25) is 0 Å². The fourth-order valence-electron chi connectivity index (χ4n) is 3.02. The van der Waals surface area contributed by atoms with Gasteiger partial charge < -0.3 is 14.5 Å². The third-order valence-corrected chi connectivity index (χ3v) is 4.28. The fourth-order valence-corrected chi connectivity index (χ4v) is 3.02. The Kier molecular flexibility index (Phi) is 4.72. The first-order chi connectivity index (χ1) is 10.8. The van der Waals surface area contributed by atoms with Crippen LogP contribution in [0.25, 0.3) is 0 Å². The second-order valence-corrected chi connectivity index (χ2v) is 5.82. The van der Waals surface area contributed by atoms with Gasteiger partial charge in [-0.25, -0.2) is 0 Å². The number of aromatic nitrogens is 2. The maximum Gasteiger partial charge on any atom is 0.272 e. The van der Waals surface area contributed by atoms with E-state index in [-0.39, 0.29) is 11.8 Å². The number of H-pyrrole nitrogens is 1. The number of nitrogens with one attached hydrogen (secondary N) is 1. The van der Waals surface area contributed by atoms with Crippen molar-refractivity contribution in [2.45, 2.75) is 31.8 Å². The minimum absolute atomic E-state index is 0.0176. The number of carbonyl (C=O) groups excluding carboxylic acids is 2. The van der Waals surface area contributed by atoms with E-state index in [1.54, 1.807) is 17.2 Å². The lowest BCUT2D eigenvalue weighted by atomic mass is 10.2. The molecule has 0 spiro atoms. The number of amides is 2. The largest absolute Gasteiger partial charge is 0.365 e. The Balaban J connectivity index is 1.62. The minimum Gasteiger partial charge on any atom is -0.365 e. The SMILES string of the molecule is O=C(c1ccn[nH]1)N1CCO[C@H](C(=O)N2CCCCCC2)C1. The van der Waals surface area contributed by atoms with Gasteiger partial charge in [0.05, 0.1) is 13.2 Å². The third-order valence-electron chi connectivity index (χ3n) is 4.28. The van der Waals surface area contributed by atoms with Crippen LogP contribution in [0, 0.1) is 0 Å². The van der Waals surface area contributed by atoms with Crippen LogP contribution in [0.15, 0.2) is 12.3 Å². The van der Waals surface area contributed by atoms with Crippen molar-refractivity contribution < 1.29 is 14.3 Å². The highest BCUT2D eigenvalue weighted by Gasteiger charge is 2.32. The lowest BCUT2D eigenvalue weighted by molar-refractivity contribution is -0.148. The molecule has 3 heterocycles. The first kappa shape index (κ1) is 15.0. The van der Waals surface area contributed by atoms with Crippen molar-refractivity contribution in [3.8, 4) is 0 Å². The van der Waals surface area contributed by atoms with Crippen molar-refractivity contribution in [2.24, 2.45) is 0 Å². The molecular weight excluding hydrogens is 284 g/mol. The van der Waals surface area contributed by atoms with Crippen molar-refractivity contribution in [1.82, 2.24) is 20.0 Å². The summed E-state index contributed by atoms with van der Waals surface area (Å²) in [7, 11) is 0. The molecule has 1 aromatic rings. The molecule has 0 aliphatic carbocycles. The summed E-state index contributed by atoms with van der Waals surface area (Å²) in [5, 5.41) is 6.47. The Labute approximate surface area is 129 Å². The predicted molar refractivity (Wildman–Crippen MR) is 79.3 cm³/mol.